The van der Waals surface area contributed by atoms with Crippen LogP contribution in [0.1, 0.15) is 87.0 Å². The van der Waals surface area contributed by atoms with E-state index in [4.69, 9.17) is 9.47 Å². The van der Waals surface area contributed by atoms with Crippen molar-refractivity contribution in [3.05, 3.63) is 83.7 Å². The summed E-state index contributed by atoms with van der Waals surface area (Å²) < 4.78 is 42.5. The molecule has 2 amide bonds. The highest BCUT2D eigenvalue weighted by atomic mass is 19.3. The van der Waals surface area contributed by atoms with Crippen molar-refractivity contribution in [1.29, 1.82) is 0 Å². The minimum Gasteiger partial charge on any atom is -0.448 e. The van der Waals surface area contributed by atoms with Crippen molar-refractivity contribution in [2.24, 2.45) is 0 Å². The number of alkyl halides is 2. The lowest BCUT2D eigenvalue weighted by molar-refractivity contribution is -0.128. The summed E-state index contributed by atoms with van der Waals surface area (Å²) >= 11 is 0. The number of aryl methyl sites for hydroxylation is 1. The van der Waals surface area contributed by atoms with Crippen LogP contribution in [0, 0.1) is 0 Å². The highest BCUT2D eigenvalue weighted by Gasteiger charge is 2.43. The van der Waals surface area contributed by atoms with Crippen molar-refractivity contribution in [3.8, 4) is 5.75 Å². The molecule has 0 aliphatic carbocycles. The molecule has 3 N–H and O–H groups in total. The number of aliphatic hydroxyl groups is 1. The number of likely N-dealkylation sites (tertiary alicyclic amines) is 1. The summed E-state index contributed by atoms with van der Waals surface area (Å²) in [6, 6.07) is 12.2. The summed E-state index contributed by atoms with van der Waals surface area (Å²) in [4.78, 5) is 39.9. The number of nitrogens with one attached hydrogen (secondary N) is 2. The normalized spacial score (nSPS) is 15.8. The second-order valence-electron chi connectivity index (χ2n) is 12.6. The number of aromatic nitrogens is 4. The predicted molar refractivity (Wildman–Crippen MR) is 176 cm³/mol. The van der Waals surface area contributed by atoms with Gasteiger partial charge in [0, 0.05) is 31.5 Å². The monoisotopic (exact) mass is 682 g/mol. The van der Waals surface area contributed by atoms with Crippen LogP contribution in [0.3, 0.4) is 0 Å². The van der Waals surface area contributed by atoms with E-state index >= 15 is 8.78 Å². The van der Waals surface area contributed by atoms with Crippen LogP contribution in [-0.4, -0.2) is 79.4 Å². The van der Waals surface area contributed by atoms with E-state index in [1.54, 1.807) is 24.8 Å². The highest BCUT2D eigenvalue weighted by molar-refractivity contribution is 5.90. The molecule has 2 aromatic carbocycles. The number of amides is 2. The first kappa shape index (κ1) is 37.1. The average molecular weight is 683 g/mol. The number of H-pyrrole nitrogens is 1. The molecule has 0 spiro atoms. The molecule has 1 aliphatic rings. The Hall–Kier alpha value is -4.72. The van der Waals surface area contributed by atoms with E-state index in [-0.39, 0.29) is 29.3 Å². The van der Waals surface area contributed by atoms with E-state index < -0.39 is 35.7 Å². The number of esters is 1. The van der Waals surface area contributed by atoms with E-state index in [1.165, 1.54) is 54.6 Å². The standard InChI is InChI=1S/C35H44F2N6O6/c1-34(2,47)21-11-22-38-33(46)48-28-15-10-12-25(24-28)32(45)49-29(35(36,37)26-13-6-5-7-14-26)19-17-27-18-20-31(44)43(27)23-9-4-3-8-16-30-39-41-42-40-30/h5-7,10,12-15,17,19,24,27,29,47H,3-4,8-9,11,16,18,20-23H2,1-2H3,(H,38,46)(H,39,40,41,42)/b19-17+/t27-,29+/m0/s1. The molecule has 3 aromatic rings. The molecule has 0 saturated carbocycles. The molecule has 49 heavy (non-hydrogen) atoms. The summed E-state index contributed by atoms with van der Waals surface area (Å²) in [5.74, 6) is -4.02. The maximum Gasteiger partial charge on any atom is 0.412 e. The van der Waals surface area contributed by atoms with E-state index in [1.807, 2.05) is 0 Å². The fraction of sp³-hybridized carbons (Fsp3) is 0.486. The number of ether oxygens (including phenoxy) is 2. The van der Waals surface area contributed by atoms with Gasteiger partial charge in [-0.15, -0.1) is 10.2 Å². The van der Waals surface area contributed by atoms with Crippen LogP contribution in [0.5, 0.6) is 5.75 Å². The predicted octanol–water partition coefficient (Wildman–Crippen LogP) is 5.51. The van der Waals surface area contributed by atoms with Gasteiger partial charge in [0.15, 0.2) is 11.9 Å². The molecule has 12 nitrogen and oxygen atoms in total. The third-order valence-electron chi connectivity index (χ3n) is 8.09. The second kappa shape index (κ2) is 17.6. The third kappa shape index (κ3) is 11.7. The zero-order valence-corrected chi connectivity index (χ0v) is 27.8. The number of aromatic amines is 1. The number of hydrogen-bond donors (Lipinski definition) is 3. The SMILES string of the molecule is CC(C)(O)CCCNC(=O)Oc1cccc(C(=O)O[C@H](/C=C/[C@H]2CCC(=O)N2CCCCCCc2nn[nH]n2)C(F)(F)c2ccccc2)c1. The van der Waals surface area contributed by atoms with Crippen LogP contribution >= 0.6 is 0 Å². The van der Waals surface area contributed by atoms with E-state index in [2.05, 4.69) is 25.9 Å². The molecule has 14 heteroatoms. The van der Waals surface area contributed by atoms with Crippen molar-refractivity contribution in [1.82, 2.24) is 30.8 Å². The van der Waals surface area contributed by atoms with Crippen LogP contribution in [0.4, 0.5) is 13.6 Å². The molecule has 0 unspecified atom stereocenters. The van der Waals surface area contributed by atoms with Gasteiger partial charge < -0.3 is 24.8 Å². The molecular weight excluding hydrogens is 638 g/mol. The maximum atomic E-state index is 15.9. The molecular formula is C35H44F2N6O6. The maximum absolute atomic E-state index is 15.9. The van der Waals surface area contributed by atoms with Crippen molar-refractivity contribution in [2.45, 2.75) is 95.3 Å². The van der Waals surface area contributed by atoms with Crippen molar-refractivity contribution in [2.75, 3.05) is 13.1 Å². The first-order chi connectivity index (χ1) is 23.4. The lowest BCUT2D eigenvalue weighted by Gasteiger charge is -2.27. The molecule has 0 radical (unpaired) electrons. The number of unbranched alkanes of at least 4 members (excludes halogenated alkanes) is 3. The first-order valence-electron chi connectivity index (χ1n) is 16.5. The van der Waals surface area contributed by atoms with Gasteiger partial charge in [0.05, 0.1) is 17.2 Å². The number of hydrogen-bond acceptors (Lipinski definition) is 9. The van der Waals surface area contributed by atoms with Crippen molar-refractivity contribution in [3.63, 3.8) is 0 Å². The van der Waals surface area contributed by atoms with Gasteiger partial charge >= 0.3 is 18.0 Å². The summed E-state index contributed by atoms with van der Waals surface area (Å²) in [6.07, 6.45) is 5.80. The van der Waals surface area contributed by atoms with Gasteiger partial charge in [0.1, 0.15) is 5.75 Å². The molecule has 264 valence electrons. The molecule has 2 atom stereocenters. The van der Waals surface area contributed by atoms with Crippen LogP contribution in [0.15, 0.2) is 66.7 Å². The van der Waals surface area contributed by atoms with E-state index in [0.29, 0.717) is 44.5 Å². The van der Waals surface area contributed by atoms with Gasteiger partial charge in [-0.3, -0.25) is 4.79 Å². The zero-order valence-electron chi connectivity index (χ0n) is 27.8. The number of carbonyl (C=O) groups is 3. The van der Waals surface area contributed by atoms with E-state index in [9.17, 15) is 19.5 Å². The molecule has 0 bridgehead atoms. The highest BCUT2D eigenvalue weighted by Crippen LogP contribution is 2.35. The van der Waals surface area contributed by atoms with Crippen molar-refractivity contribution >= 4 is 18.0 Å². The number of carbonyl (C=O) groups excluding carboxylic acids is 3. The Kier molecular flexibility index (Phi) is 13.3. The fourth-order valence-electron chi connectivity index (χ4n) is 5.47. The molecule has 4 rings (SSSR count). The van der Waals surface area contributed by atoms with Crippen LogP contribution < -0.4 is 10.1 Å². The zero-order chi connectivity index (χ0) is 35.3. The summed E-state index contributed by atoms with van der Waals surface area (Å²) in [5.41, 5.74) is -1.29. The Balaban J connectivity index is 1.39. The first-order valence-corrected chi connectivity index (χ1v) is 16.5. The molecule has 1 aliphatic heterocycles. The lowest BCUT2D eigenvalue weighted by Crippen LogP contribution is -2.36. The van der Waals surface area contributed by atoms with E-state index in [0.717, 1.165) is 31.8 Å². The van der Waals surface area contributed by atoms with Gasteiger partial charge in [-0.1, -0.05) is 60.5 Å². The Morgan fingerprint density at radius 1 is 1.10 bits per heavy atom. The van der Waals surface area contributed by atoms with Crippen LogP contribution in [0.25, 0.3) is 0 Å². The van der Waals surface area contributed by atoms with Crippen LogP contribution in [0.2, 0.25) is 0 Å². The largest absolute Gasteiger partial charge is 0.448 e. The molecule has 2 heterocycles. The Bertz CT molecular complexity index is 1530. The number of nitrogens with zero attached hydrogens (tertiary/aromatic N) is 4. The number of tetrazole rings is 1. The average Bonchev–Trinajstić information content (AvgIpc) is 3.72. The summed E-state index contributed by atoms with van der Waals surface area (Å²) in [7, 11) is 0. The minimum atomic E-state index is -3.60. The Morgan fingerprint density at radius 3 is 2.61 bits per heavy atom. The lowest BCUT2D eigenvalue weighted by atomic mass is 10.0. The van der Waals surface area contributed by atoms with Gasteiger partial charge in [0.2, 0.25) is 5.91 Å². The summed E-state index contributed by atoms with van der Waals surface area (Å²) in [6.45, 7) is 4.08. The van der Waals surface area contributed by atoms with Gasteiger partial charge in [-0.25, -0.2) is 9.59 Å². The number of rotatable bonds is 18. The smallest absolute Gasteiger partial charge is 0.412 e. The second-order valence-corrected chi connectivity index (χ2v) is 12.6. The van der Waals surface area contributed by atoms with Gasteiger partial charge in [0.25, 0.3) is 0 Å². The fourth-order valence-corrected chi connectivity index (χ4v) is 5.47. The minimum absolute atomic E-state index is 0.0197. The Labute approximate surface area is 284 Å². The number of halogens is 2. The molecule has 1 fully saturated rings. The molecule has 1 aromatic heterocycles. The third-order valence-corrected chi connectivity index (χ3v) is 8.09. The summed E-state index contributed by atoms with van der Waals surface area (Å²) in [5, 5.41) is 26.2. The quantitative estimate of drug-likeness (QED) is 0.0894. The Morgan fingerprint density at radius 2 is 1.88 bits per heavy atom. The van der Waals surface area contributed by atoms with Crippen molar-refractivity contribution < 1.29 is 37.7 Å². The topological polar surface area (TPSA) is 160 Å². The van der Waals surface area contributed by atoms with Crippen LogP contribution in [-0.2, 0) is 21.9 Å². The number of benzene rings is 2. The van der Waals surface area contributed by atoms with Gasteiger partial charge in [-0.2, -0.15) is 14.0 Å². The molecule has 1 saturated heterocycles. The van der Waals surface area contributed by atoms with Gasteiger partial charge in [-0.05, 0) is 70.2 Å².